The highest BCUT2D eigenvalue weighted by molar-refractivity contribution is 7.89. The van der Waals surface area contributed by atoms with E-state index >= 15 is 0 Å². The summed E-state index contributed by atoms with van der Waals surface area (Å²) in [6.45, 7) is 5.46. The number of hydrogen-bond acceptors (Lipinski definition) is 3. The first kappa shape index (κ1) is 16.4. The van der Waals surface area contributed by atoms with Gasteiger partial charge in [-0.15, -0.1) is 0 Å². The minimum atomic E-state index is -3.01. The summed E-state index contributed by atoms with van der Waals surface area (Å²) in [5, 5.41) is 0. The first-order valence-electron chi connectivity index (χ1n) is 6.36. The number of halogens is 1. The van der Waals surface area contributed by atoms with Gasteiger partial charge in [0.2, 0.25) is 10.0 Å². The highest BCUT2D eigenvalue weighted by Gasteiger charge is 2.25. The van der Waals surface area contributed by atoms with Crippen molar-refractivity contribution < 1.29 is 20.8 Å². The Morgan fingerprint density at radius 3 is 2.16 bits per heavy atom. The summed E-state index contributed by atoms with van der Waals surface area (Å²) in [6, 6.07) is 10.3. The van der Waals surface area contributed by atoms with Gasteiger partial charge < -0.3 is 12.4 Å². The Hall–Kier alpha value is -0.620. The van der Waals surface area contributed by atoms with Crippen LogP contribution in [0, 0.1) is 0 Å². The van der Waals surface area contributed by atoms with Gasteiger partial charge in [0.25, 0.3) is 0 Å². The highest BCUT2D eigenvalue weighted by Crippen LogP contribution is 2.11. The SMILES string of the molecule is CCS(=O)(=O)N1CCN(Cc2ccccc2)CC1.[Cl-]. The fraction of sp³-hybridized carbons (Fsp3) is 0.538. The minimum Gasteiger partial charge on any atom is -1.00 e. The fourth-order valence-electron chi connectivity index (χ4n) is 2.19. The topological polar surface area (TPSA) is 40.6 Å². The van der Waals surface area contributed by atoms with Crippen LogP contribution in [0.1, 0.15) is 12.5 Å². The molecule has 0 spiro atoms. The Balaban J connectivity index is 0.00000180. The standard InChI is InChI=1S/C13H20N2O2S.ClH/c1-2-18(16,17)15-10-8-14(9-11-15)12-13-6-4-3-5-7-13;/h3-7H,2,8-12H2,1H3;1H/p-1. The first-order chi connectivity index (χ1) is 8.62. The molecule has 0 N–H and O–H groups in total. The third kappa shape index (κ3) is 4.45. The lowest BCUT2D eigenvalue weighted by Crippen LogP contribution is -3.00. The molecule has 0 atom stereocenters. The van der Waals surface area contributed by atoms with Gasteiger partial charge in [-0.3, -0.25) is 4.90 Å². The van der Waals surface area contributed by atoms with Crippen molar-refractivity contribution in [2.24, 2.45) is 0 Å². The molecule has 1 aromatic carbocycles. The number of benzene rings is 1. The van der Waals surface area contributed by atoms with Crippen LogP contribution in [0.15, 0.2) is 30.3 Å². The maximum absolute atomic E-state index is 11.7. The molecular formula is C13H20ClN2O2S-. The van der Waals surface area contributed by atoms with Gasteiger partial charge in [-0.1, -0.05) is 30.3 Å². The van der Waals surface area contributed by atoms with Crippen LogP contribution in [-0.2, 0) is 16.6 Å². The van der Waals surface area contributed by atoms with Crippen LogP contribution in [0.3, 0.4) is 0 Å². The van der Waals surface area contributed by atoms with Crippen LogP contribution in [0.25, 0.3) is 0 Å². The zero-order chi connectivity index (χ0) is 13.0. The van der Waals surface area contributed by atoms with E-state index < -0.39 is 10.0 Å². The van der Waals surface area contributed by atoms with Crippen molar-refractivity contribution in [3.63, 3.8) is 0 Å². The molecule has 0 aromatic heterocycles. The predicted octanol–water partition coefficient (Wildman–Crippen LogP) is -1.84. The minimum absolute atomic E-state index is 0. The Bertz CT molecular complexity index is 471. The van der Waals surface area contributed by atoms with Gasteiger partial charge in [-0.05, 0) is 12.5 Å². The predicted molar refractivity (Wildman–Crippen MR) is 72.8 cm³/mol. The van der Waals surface area contributed by atoms with Gasteiger partial charge in [-0.2, -0.15) is 4.31 Å². The number of nitrogens with zero attached hydrogens (tertiary/aromatic N) is 2. The van der Waals surface area contributed by atoms with Crippen molar-refractivity contribution in [3.8, 4) is 0 Å². The van der Waals surface area contributed by atoms with Crippen molar-refractivity contribution in [2.45, 2.75) is 13.5 Å². The normalized spacial score (nSPS) is 17.9. The first-order valence-corrected chi connectivity index (χ1v) is 7.97. The van der Waals surface area contributed by atoms with Crippen molar-refractivity contribution in [1.29, 1.82) is 0 Å². The van der Waals surface area contributed by atoms with E-state index in [0.29, 0.717) is 13.1 Å². The quantitative estimate of drug-likeness (QED) is 0.656. The second-order valence-corrected chi connectivity index (χ2v) is 6.82. The summed E-state index contributed by atoms with van der Waals surface area (Å²) < 4.78 is 25.1. The molecule has 2 rings (SSSR count). The Morgan fingerprint density at radius 1 is 1.05 bits per heavy atom. The number of hydrogen-bond donors (Lipinski definition) is 0. The molecule has 1 fully saturated rings. The molecule has 1 aromatic rings. The third-order valence-corrected chi connectivity index (χ3v) is 5.22. The van der Waals surface area contributed by atoms with Crippen molar-refractivity contribution in [2.75, 3.05) is 31.9 Å². The van der Waals surface area contributed by atoms with E-state index in [2.05, 4.69) is 17.0 Å². The van der Waals surface area contributed by atoms with Crippen molar-refractivity contribution in [3.05, 3.63) is 35.9 Å². The van der Waals surface area contributed by atoms with Crippen LogP contribution in [0.5, 0.6) is 0 Å². The summed E-state index contributed by atoms with van der Waals surface area (Å²) in [5.41, 5.74) is 1.28. The zero-order valence-electron chi connectivity index (χ0n) is 11.1. The summed E-state index contributed by atoms with van der Waals surface area (Å²) in [5.74, 6) is 0.200. The maximum atomic E-state index is 11.7. The molecule has 4 nitrogen and oxygen atoms in total. The lowest BCUT2D eigenvalue weighted by atomic mass is 10.2. The smallest absolute Gasteiger partial charge is 0.213 e. The van der Waals surface area contributed by atoms with E-state index in [0.717, 1.165) is 19.6 Å². The monoisotopic (exact) mass is 303 g/mol. The maximum Gasteiger partial charge on any atom is 0.213 e. The molecule has 1 heterocycles. The fourth-order valence-corrected chi connectivity index (χ4v) is 3.27. The van der Waals surface area contributed by atoms with Crippen molar-refractivity contribution in [1.82, 2.24) is 9.21 Å². The third-order valence-electron chi connectivity index (χ3n) is 3.34. The van der Waals surface area contributed by atoms with E-state index in [4.69, 9.17) is 0 Å². The van der Waals surface area contributed by atoms with Gasteiger partial charge in [0.15, 0.2) is 0 Å². The highest BCUT2D eigenvalue weighted by atomic mass is 35.5. The molecule has 1 saturated heterocycles. The molecule has 0 bridgehead atoms. The number of rotatable bonds is 4. The van der Waals surface area contributed by atoms with Crippen molar-refractivity contribution >= 4 is 10.0 Å². The molecule has 1 aliphatic heterocycles. The van der Waals surface area contributed by atoms with Gasteiger partial charge >= 0.3 is 0 Å². The molecule has 0 unspecified atom stereocenters. The van der Waals surface area contributed by atoms with Crippen LogP contribution >= 0.6 is 0 Å². The average molecular weight is 304 g/mol. The number of sulfonamides is 1. The Kier molecular flexibility index (Phi) is 6.26. The van der Waals surface area contributed by atoms with Gasteiger partial charge in [-0.25, -0.2) is 8.42 Å². The lowest BCUT2D eigenvalue weighted by Gasteiger charge is -2.33. The van der Waals surface area contributed by atoms with E-state index in [1.807, 2.05) is 18.2 Å². The Labute approximate surface area is 121 Å². The second-order valence-electron chi connectivity index (χ2n) is 4.56. The summed E-state index contributed by atoms with van der Waals surface area (Å²) in [7, 11) is -3.01. The van der Waals surface area contributed by atoms with Crippen LogP contribution in [0.4, 0.5) is 0 Å². The van der Waals surface area contributed by atoms with Gasteiger partial charge in [0.1, 0.15) is 0 Å². The molecule has 0 amide bonds. The van der Waals surface area contributed by atoms with Crippen LogP contribution in [0.2, 0.25) is 0 Å². The van der Waals surface area contributed by atoms with Crippen LogP contribution in [-0.4, -0.2) is 49.6 Å². The summed E-state index contributed by atoms with van der Waals surface area (Å²) in [6.07, 6.45) is 0. The van der Waals surface area contributed by atoms with E-state index in [1.165, 1.54) is 5.56 Å². The average Bonchev–Trinajstić information content (AvgIpc) is 2.40. The zero-order valence-corrected chi connectivity index (χ0v) is 12.7. The molecule has 0 saturated carbocycles. The molecule has 108 valence electrons. The summed E-state index contributed by atoms with van der Waals surface area (Å²) >= 11 is 0. The molecular weight excluding hydrogens is 284 g/mol. The van der Waals surface area contributed by atoms with Gasteiger partial charge in [0.05, 0.1) is 5.75 Å². The Morgan fingerprint density at radius 2 is 1.63 bits per heavy atom. The molecule has 19 heavy (non-hydrogen) atoms. The van der Waals surface area contributed by atoms with Gasteiger partial charge in [0, 0.05) is 32.7 Å². The summed E-state index contributed by atoms with van der Waals surface area (Å²) in [4.78, 5) is 2.30. The van der Waals surface area contributed by atoms with E-state index in [1.54, 1.807) is 11.2 Å². The lowest BCUT2D eigenvalue weighted by molar-refractivity contribution is -0.00000643. The largest absolute Gasteiger partial charge is 1.00 e. The molecule has 6 heteroatoms. The molecule has 1 aliphatic rings. The van der Waals surface area contributed by atoms with Crippen LogP contribution < -0.4 is 12.4 Å². The molecule has 0 radical (unpaired) electrons. The molecule has 0 aliphatic carbocycles. The second kappa shape index (κ2) is 7.24. The van der Waals surface area contributed by atoms with E-state index in [-0.39, 0.29) is 18.2 Å². The van der Waals surface area contributed by atoms with E-state index in [9.17, 15) is 8.42 Å². The number of piperazine rings is 1.